The van der Waals surface area contributed by atoms with Crippen LogP contribution in [0.25, 0.3) is 0 Å². The van der Waals surface area contributed by atoms with Crippen LogP contribution in [0.3, 0.4) is 0 Å². The summed E-state index contributed by atoms with van der Waals surface area (Å²) in [5.74, 6) is 1.59. The minimum atomic E-state index is 0.0462. The van der Waals surface area contributed by atoms with Gasteiger partial charge in [-0.25, -0.2) is 0 Å². The van der Waals surface area contributed by atoms with E-state index in [1.54, 1.807) is 6.92 Å². The Kier molecular flexibility index (Phi) is 4.21. The van der Waals surface area contributed by atoms with Gasteiger partial charge in [-0.3, -0.25) is 4.79 Å². The smallest absolute Gasteiger partial charge is 0.163 e. The maximum absolute atomic E-state index is 11.5. The normalized spacial score (nSPS) is 15.4. The van der Waals surface area contributed by atoms with Gasteiger partial charge in [-0.2, -0.15) is 0 Å². The van der Waals surface area contributed by atoms with Gasteiger partial charge in [0.2, 0.25) is 0 Å². The highest BCUT2D eigenvalue weighted by Crippen LogP contribution is 2.30. The first-order chi connectivity index (χ1) is 8.16. The summed E-state index contributed by atoms with van der Waals surface area (Å²) in [6, 6.07) is 5.59. The maximum atomic E-state index is 11.5. The fraction of sp³-hybridized carbons (Fsp3) is 0.500. The maximum Gasteiger partial charge on any atom is 0.163 e. The Bertz CT molecular complexity index is 411. The molecule has 92 valence electrons. The van der Waals surface area contributed by atoms with Gasteiger partial charge in [-0.15, -0.1) is 0 Å². The molecule has 0 heterocycles. The summed E-state index contributed by atoms with van der Waals surface area (Å²) < 4.78 is 6.63. The number of ketones is 1. The Hall–Kier alpha value is -0.830. The zero-order chi connectivity index (χ0) is 12.3. The first-order valence-corrected chi connectivity index (χ1v) is 6.89. The van der Waals surface area contributed by atoms with Crippen LogP contribution in [0.4, 0.5) is 0 Å². The summed E-state index contributed by atoms with van der Waals surface area (Å²) in [5.41, 5.74) is 0.660. The molecule has 1 aromatic rings. The molecule has 0 radical (unpaired) electrons. The zero-order valence-corrected chi connectivity index (χ0v) is 11.6. The predicted molar refractivity (Wildman–Crippen MR) is 71.6 cm³/mol. The Morgan fingerprint density at radius 1 is 1.47 bits per heavy atom. The van der Waals surface area contributed by atoms with Crippen LogP contribution in [-0.4, -0.2) is 12.4 Å². The Balaban J connectivity index is 1.96. The van der Waals surface area contributed by atoms with Crippen LogP contribution >= 0.6 is 15.9 Å². The van der Waals surface area contributed by atoms with E-state index in [0.717, 1.165) is 16.8 Å². The number of ether oxygens (including phenoxy) is 1. The molecule has 1 aliphatic carbocycles. The van der Waals surface area contributed by atoms with Crippen molar-refractivity contribution >= 4 is 21.7 Å². The third kappa shape index (κ3) is 3.32. The highest BCUT2D eigenvalue weighted by atomic mass is 79.9. The minimum absolute atomic E-state index is 0.0462. The number of halogens is 1. The van der Waals surface area contributed by atoms with E-state index in [2.05, 4.69) is 15.9 Å². The number of hydrogen-bond donors (Lipinski definition) is 0. The van der Waals surface area contributed by atoms with Crippen LogP contribution in [0.1, 0.15) is 43.0 Å². The largest absolute Gasteiger partial charge is 0.493 e. The average molecular weight is 297 g/mol. The lowest BCUT2D eigenvalue weighted by Crippen LogP contribution is -2.15. The van der Waals surface area contributed by atoms with E-state index in [1.165, 1.54) is 19.3 Å². The van der Waals surface area contributed by atoms with Crippen molar-refractivity contribution in [1.82, 2.24) is 0 Å². The molecule has 2 rings (SSSR count). The molecule has 2 nitrogen and oxygen atoms in total. The fourth-order valence-electron chi connectivity index (χ4n) is 2.02. The number of carbonyl (C=O) groups is 1. The molecule has 17 heavy (non-hydrogen) atoms. The van der Waals surface area contributed by atoms with Crippen molar-refractivity contribution in [1.29, 1.82) is 0 Å². The lowest BCUT2D eigenvalue weighted by Gasteiger charge is -2.25. The molecule has 0 amide bonds. The molecular formula is C14H17BrO2. The monoisotopic (exact) mass is 296 g/mol. The lowest BCUT2D eigenvalue weighted by atomic mass is 9.83. The summed E-state index contributed by atoms with van der Waals surface area (Å²) >= 11 is 3.37. The predicted octanol–water partition coefficient (Wildman–Crippen LogP) is 4.22. The van der Waals surface area contributed by atoms with Crippen molar-refractivity contribution in [3.63, 3.8) is 0 Å². The van der Waals surface area contributed by atoms with Crippen molar-refractivity contribution in [3.8, 4) is 5.75 Å². The second-order valence-corrected chi connectivity index (χ2v) is 5.55. The van der Waals surface area contributed by atoms with Crippen molar-refractivity contribution in [2.75, 3.05) is 6.61 Å². The number of rotatable bonds is 5. The van der Waals surface area contributed by atoms with Crippen molar-refractivity contribution < 1.29 is 9.53 Å². The van der Waals surface area contributed by atoms with Crippen LogP contribution in [-0.2, 0) is 0 Å². The number of Topliss-reactive ketones (excluding diaryl/α,β-unsaturated/α-hetero) is 1. The Labute approximate surface area is 110 Å². The highest BCUT2D eigenvalue weighted by Gasteiger charge is 2.17. The van der Waals surface area contributed by atoms with Crippen molar-refractivity contribution in [2.24, 2.45) is 5.92 Å². The van der Waals surface area contributed by atoms with Crippen LogP contribution in [0.5, 0.6) is 5.75 Å². The van der Waals surface area contributed by atoms with E-state index < -0.39 is 0 Å². The van der Waals surface area contributed by atoms with Crippen LogP contribution in [0.15, 0.2) is 22.7 Å². The van der Waals surface area contributed by atoms with Gasteiger partial charge in [0, 0.05) is 4.47 Å². The number of benzene rings is 1. The molecule has 0 aliphatic heterocycles. The number of carbonyl (C=O) groups excluding carboxylic acids is 1. The fourth-order valence-corrected chi connectivity index (χ4v) is 2.38. The van der Waals surface area contributed by atoms with E-state index in [1.807, 2.05) is 18.2 Å². The first-order valence-electron chi connectivity index (χ1n) is 6.10. The zero-order valence-electron chi connectivity index (χ0n) is 10.0. The van der Waals surface area contributed by atoms with Gasteiger partial charge in [-0.05, 0) is 37.5 Å². The van der Waals surface area contributed by atoms with Gasteiger partial charge in [0.15, 0.2) is 5.78 Å². The Morgan fingerprint density at radius 3 is 2.82 bits per heavy atom. The van der Waals surface area contributed by atoms with Gasteiger partial charge in [-0.1, -0.05) is 35.2 Å². The van der Waals surface area contributed by atoms with E-state index >= 15 is 0 Å². The standard InChI is InChI=1S/C14H17BrO2/c1-10(16)13-9-12(15)5-6-14(13)17-8-7-11-3-2-4-11/h5-6,9,11H,2-4,7-8H2,1H3. The molecule has 1 aliphatic rings. The average Bonchev–Trinajstić information content (AvgIpc) is 2.23. The molecule has 0 N–H and O–H groups in total. The Morgan fingerprint density at radius 2 is 2.24 bits per heavy atom. The summed E-state index contributed by atoms with van der Waals surface area (Å²) in [7, 11) is 0. The van der Waals surface area contributed by atoms with E-state index in [-0.39, 0.29) is 5.78 Å². The van der Waals surface area contributed by atoms with E-state index in [4.69, 9.17) is 4.74 Å². The minimum Gasteiger partial charge on any atom is -0.493 e. The molecule has 0 unspecified atom stereocenters. The summed E-state index contributed by atoms with van der Waals surface area (Å²) in [6.07, 6.45) is 5.14. The van der Waals surface area contributed by atoms with E-state index in [9.17, 15) is 4.79 Å². The summed E-state index contributed by atoms with van der Waals surface area (Å²) in [5, 5.41) is 0. The highest BCUT2D eigenvalue weighted by molar-refractivity contribution is 9.10. The molecule has 3 heteroatoms. The second-order valence-electron chi connectivity index (χ2n) is 4.63. The SMILES string of the molecule is CC(=O)c1cc(Br)ccc1OCCC1CCC1. The quantitative estimate of drug-likeness (QED) is 0.761. The van der Waals surface area contributed by atoms with Gasteiger partial charge in [0.1, 0.15) is 5.75 Å². The van der Waals surface area contributed by atoms with Crippen molar-refractivity contribution in [2.45, 2.75) is 32.6 Å². The summed E-state index contributed by atoms with van der Waals surface area (Å²) in [6.45, 7) is 2.28. The van der Waals surface area contributed by atoms with Crippen molar-refractivity contribution in [3.05, 3.63) is 28.2 Å². The number of hydrogen-bond acceptors (Lipinski definition) is 2. The lowest BCUT2D eigenvalue weighted by molar-refractivity contribution is 0.101. The molecule has 1 fully saturated rings. The molecule has 1 saturated carbocycles. The molecule has 0 atom stereocenters. The molecule has 0 bridgehead atoms. The van der Waals surface area contributed by atoms with Crippen LogP contribution in [0, 0.1) is 5.92 Å². The van der Waals surface area contributed by atoms with E-state index in [0.29, 0.717) is 17.9 Å². The topological polar surface area (TPSA) is 26.3 Å². The molecule has 0 saturated heterocycles. The molecule has 0 aromatic heterocycles. The van der Waals surface area contributed by atoms with Gasteiger partial charge < -0.3 is 4.74 Å². The first kappa shape index (κ1) is 12.6. The van der Waals surface area contributed by atoms with Crippen LogP contribution < -0.4 is 4.74 Å². The molecular weight excluding hydrogens is 280 g/mol. The molecule has 1 aromatic carbocycles. The van der Waals surface area contributed by atoms with Gasteiger partial charge >= 0.3 is 0 Å². The third-order valence-electron chi connectivity index (χ3n) is 3.33. The molecule has 0 spiro atoms. The van der Waals surface area contributed by atoms with Crippen LogP contribution in [0.2, 0.25) is 0 Å². The second kappa shape index (κ2) is 5.67. The van der Waals surface area contributed by atoms with Gasteiger partial charge in [0.25, 0.3) is 0 Å². The van der Waals surface area contributed by atoms with Gasteiger partial charge in [0.05, 0.1) is 12.2 Å². The third-order valence-corrected chi connectivity index (χ3v) is 3.82. The summed E-state index contributed by atoms with van der Waals surface area (Å²) in [4.78, 5) is 11.5.